The average Bonchev–Trinajstić information content (AvgIpc) is 2.75. The molecule has 23 heavy (non-hydrogen) atoms. The average molecular weight is 351 g/mol. The molecule has 0 saturated carbocycles. The van der Waals surface area contributed by atoms with Gasteiger partial charge in [0.1, 0.15) is 24.1 Å². The Bertz CT molecular complexity index is 659. The summed E-state index contributed by atoms with van der Waals surface area (Å²) in [7, 11) is -3.61. The molecule has 0 unspecified atom stereocenters. The molecule has 0 aliphatic carbocycles. The minimum absolute atomic E-state index is 0.00769. The van der Waals surface area contributed by atoms with Crippen LogP contribution < -0.4 is 11.4 Å². The van der Waals surface area contributed by atoms with E-state index in [1.165, 1.54) is 26.3 Å². The third-order valence-corrected chi connectivity index (χ3v) is 3.88. The lowest BCUT2D eigenvalue weighted by Gasteiger charge is -2.24. The van der Waals surface area contributed by atoms with Crippen LogP contribution in [0.1, 0.15) is 13.2 Å². The number of rotatable bonds is 5. The van der Waals surface area contributed by atoms with E-state index in [4.69, 9.17) is 25.0 Å². The predicted octanol–water partition coefficient (Wildman–Crippen LogP) is -1.40. The van der Waals surface area contributed by atoms with Crippen LogP contribution in [0, 0.1) is 0 Å². The van der Waals surface area contributed by atoms with Gasteiger partial charge in [0.15, 0.2) is 6.23 Å². The number of hydrogen-bond donors (Lipinski definition) is 4. The van der Waals surface area contributed by atoms with Crippen molar-refractivity contribution in [1.82, 2.24) is 9.55 Å². The second kappa shape index (κ2) is 6.65. The summed E-state index contributed by atoms with van der Waals surface area (Å²) in [6, 6.07) is 1.35. The van der Waals surface area contributed by atoms with E-state index in [2.05, 4.69) is 9.51 Å². The minimum atomic E-state index is -4.87. The number of ether oxygens (including phenoxy) is 2. The van der Waals surface area contributed by atoms with E-state index in [1.807, 2.05) is 0 Å². The highest BCUT2D eigenvalue weighted by Crippen LogP contribution is 2.45. The second-order valence-electron chi connectivity index (χ2n) is 5.04. The highest BCUT2D eigenvalue weighted by molar-refractivity contribution is 7.46. The third kappa shape index (κ3) is 3.96. The quantitative estimate of drug-likeness (QED) is 0.463. The zero-order valence-corrected chi connectivity index (χ0v) is 13.2. The number of hydrogen-bond acceptors (Lipinski definition) is 8. The standard InChI is InChI=1S/C11H18N3O8P/c1-5(15)7-8(22-23(17,18)19)9(20-2)10(21-7)14-4-3-6(12)13-11(14)16/h3-5,7-10,15H,1-2H3,(H2,12,13,16)(H2,17,18,19)/t5-,7+,8+,9+,10+/m0/s1. The fourth-order valence-electron chi connectivity index (χ4n) is 2.43. The Kier molecular flexibility index (Phi) is 5.21. The Balaban J connectivity index is 2.41. The lowest BCUT2D eigenvalue weighted by molar-refractivity contribution is -0.0822. The first kappa shape index (κ1) is 18.0. The van der Waals surface area contributed by atoms with Crippen LogP contribution in [0.3, 0.4) is 0 Å². The Hall–Kier alpha value is -1.33. The zero-order chi connectivity index (χ0) is 17.4. The molecule has 0 radical (unpaired) electrons. The molecule has 130 valence electrons. The topological polar surface area (TPSA) is 166 Å². The van der Waals surface area contributed by atoms with Gasteiger partial charge in [-0.3, -0.25) is 9.09 Å². The number of phosphoric ester groups is 1. The number of nitrogens with zero attached hydrogens (tertiary/aromatic N) is 2. The molecule has 1 aliphatic heterocycles. The summed E-state index contributed by atoms with van der Waals surface area (Å²) in [5.41, 5.74) is 4.68. The molecule has 0 aromatic carbocycles. The summed E-state index contributed by atoms with van der Waals surface area (Å²) < 4.78 is 27.6. The maximum atomic E-state index is 11.9. The van der Waals surface area contributed by atoms with Gasteiger partial charge in [-0.25, -0.2) is 9.36 Å². The smallest absolute Gasteiger partial charge is 0.391 e. The largest absolute Gasteiger partial charge is 0.470 e. The molecule has 12 heteroatoms. The first-order valence-corrected chi connectivity index (χ1v) is 8.12. The van der Waals surface area contributed by atoms with E-state index in [0.29, 0.717) is 0 Å². The van der Waals surface area contributed by atoms with Crippen molar-refractivity contribution in [2.45, 2.75) is 37.6 Å². The number of phosphoric acid groups is 1. The van der Waals surface area contributed by atoms with Crippen molar-refractivity contribution in [2.24, 2.45) is 0 Å². The lowest BCUT2D eigenvalue weighted by Crippen LogP contribution is -2.40. The van der Waals surface area contributed by atoms with Crippen LogP contribution >= 0.6 is 7.82 Å². The molecule has 1 aromatic heterocycles. The Labute approximate surface area is 130 Å². The highest BCUT2D eigenvalue weighted by atomic mass is 31.2. The number of methoxy groups -OCH3 is 1. The molecule has 1 saturated heterocycles. The zero-order valence-electron chi connectivity index (χ0n) is 12.3. The molecule has 5 N–H and O–H groups in total. The van der Waals surface area contributed by atoms with Crippen molar-refractivity contribution in [3.8, 4) is 0 Å². The SMILES string of the molecule is CO[C@@H]1[C@H](OP(=O)(O)O)[C@@H]([C@H](C)O)O[C@H]1n1ccc(N)nc1=O. The first-order valence-electron chi connectivity index (χ1n) is 6.59. The van der Waals surface area contributed by atoms with Gasteiger partial charge >= 0.3 is 13.5 Å². The molecule has 11 nitrogen and oxygen atoms in total. The Morgan fingerprint density at radius 1 is 1.48 bits per heavy atom. The molecule has 0 amide bonds. The Morgan fingerprint density at radius 3 is 2.61 bits per heavy atom. The number of nitrogens with two attached hydrogens (primary N) is 1. The normalized spacial score (nSPS) is 29.6. The molecule has 1 aromatic rings. The summed E-state index contributed by atoms with van der Waals surface area (Å²) in [4.78, 5) is 33.6. The van der Waals surface area contributed by atoms with Gasteiger partial charge in [0.05, 0.1) is 6.10 Å². The van der Waals surface area contributed by atoms with E-state index in [9.17, 15) is 14.5 Å². The van der Waals surface area contributed by atoms with Crippen molar-refractivity contribution >= 4 is 13.6 Å². The van der Waals surface area contributed by atoms with E-state index in [1.54, 1.807) is 0 Å². The summed E-state index contributed by atoms with van der Waals surface area (Å²) in [6.07, 6.45) is -4.41. The molecule has 0 spiro atoms. The molecule has 1 fully saturated rings. The van der Waals surface area contributed by atoms with Crippen LogP contribution in [-0.2, 0) is 18.6 Å². The van der Waals surface area contributed by atoms with Crippen molar-refractivity contribution in [3.63, 3.8) is 0 Å². The number of nitrogen functional groups attached to an aromatic ring is 1. The van der Waals surface area contributed by atoms with E-state index in [-0.39, 0.29) is 5.82 Å². The van der Waals surface area contributed by atoms with Gasteiger partial charge < -0.3 is 30.1 Å². The first-order chi connectivity index (χ1) is 10.6. The van der Waals surface area contributed by atoms with Gasteiger partial charge in [-0.05, 0) is 13.0 Å². The van der Waals surface area contributed by atoms with Crippen LogP contribution in [0.2, 0.25) is 0 Å². The van der Waals surface area contributed by atoms with Crippen LogP contribution in [0.4, 0.5) is 5.82 Å². The van der Waals surface area contributed by atoms with Crippen molar-refractivity contribution in [3.05, 3.63) is 22.7 Å². The number of aliphatic hydroxyl groups excluding tert-OH is 1. The molecule has 0 bridgehead atoms. The van der Waals surface area contributed by atoms with Crippen molar-refractivity contribution < 1.29 is 33.5 Å². The summed E-state index contributed by atoms with van der Waals surface area (Å²) in [5.74, 6) is 0.00769. The summed E-state index contributed by atoms with van der Waals surface area (Å²) in [5, 5.41) is 9.77. The van der Waals surface area contributed by atoms with Gasteiger partial charge in [-0.2, -0.15) is 4.98 Å². The fraction of sp³-hybridized carbons (Fsp3) is 0.636. The third-order valence-electron chi connectivity index (χ3n) is 3.36. The van der Waals surface area contributed by atoms with Gasteiger partial charge in [0.25, 0.3) is 0 Å². The molecule has 1 aliphatic rings. The monoisotopic (exact) mass is 351 g/mol. The molecular weight excluding hydrogens is 333 g/mol. The maximum absolute atomic E-state index is 11.9. The Morgan fingerprint density at radius 2 is 2.13 bits per heavy atom. The number of aromatic nitrogens is 2. The number of aliphatic hydroxyl groups is 1. The minimum Gasteiger partial charge on any atom is -0.391 e. The maximum Gasteiger partial charge on any atom is 0.470 e. The molecule has 5 atom stereocenters. The van der Waals surface area contributed by atoms with Crippen molar-refractivity contribution in [2.75, 3.05) is 12.8 Å². The van der Waals surface area contributed by atoms with Gasteiger partial charge in [-0.1, -0.05) is 0 Å². The van der Waals surface area contributed by atoms with Gasteiger partial charge in [0, 0.05) is 13.3 Å². The fourth-order valence-corrected chi connectivity index (χ4v) is 2.98. The molecule has 2 heterocycles. The summed E-state index contributed by atoms with van der Waals surface area (Å²) >= 11 is 0. The van der Waals surface area contributed by atoms with Gasteiger partial charge in [-0.15, -0.1) is 0 Å². The highest BCUT2D eigenvalue weighted by Gasteiger charge is 2.51. The molecule has 2 rings (SSSR count). The lowest BCUT2D eigenvalue weighted by atomic mass is 10.1. The van der Waals surface area contributed by atoms with Gasteiger partial charge in [0.2, 0.25) is 0 Å². The van der Waals surface area contributed by atoms with Crippen LogP contribution in [-0.4, -0.2) is 56.0 Å². The second-order valence-corrected chi connectivity index (χ2v) is 6.23. The van der Waals surface area contributed by atoms with Crippen LogP contribution in [0.5, 0.6) is 0 Å². The van der Waals surface area contributed by atoms with E-state index < -0.39 is 44.2 Å². The predicted molar refractivity (Wildman–Crippen MR) is 76.2 cm³/mol. The van der Waals surface area contributed by atoms with Crippen LogP contribution in [0.25, 0.3) is 0 Å². The summed E-state index contributed by atoms with van der Waals surface area (Å²) in [6.45, 7) is 1.36. The number of anilines is 1. The van der Waals surface area contributed by atoms with E-state index in [0.717, 1.165) is 4.57 Å². The molecular formula is C11H18N3O8P. The van der Waals surface area contributed by atoms with Crippen LogP contribution in [0.15, 0.2) is 17.1 Å². The van der Waals surface area contributed by atoms with Crippen molar-refractivity contribution in [1.29, 1.82) is 0 Å². The van der Waals surface area contributed by atoms with E-state index >= 15 is 0 Å².